The van der Waals surface area contributed by atoms with Gasteiger partial charge in [-0.1, -0.05) is 36.4 Å². The first-order valence-corrected chi connectivity index (χ1v) is 7.35. The van der Waals surface area contributed by atoms with Crippen LogP contribution in [-0.2, 0) is 6.42 Å². The van der Waals surface area contributed by atoms with Crippen LogP contribution in [-0.4, -0.2) is 23.4 Å². The van der Waals surface area contributed by atoms with Crippen LogP contribution < -0.4 is 4.74 Å². The standard InChI is InChI=1S/C18H17NO3/c20-18(21)15-10-5-11-16-17(15)22-14(12-19-16)9-4-8-13-6-2-1-3-7-13/h1-3,5-7,10-12,14H,4,8-9H2,(H,20,21). The third kappa shape index (κ3) is 3.17. The van der Waals surface area contributed by atoms with Crippen molar-refractivity contribution in [3.8, 4) is 5.75 Å². The molecule has 4 heteroatoms. The summed E-state index contributed by atoms with van der Waals surface area (Å²) >= 11 is 0. The van der Waals surface area contributed by atoms with Crippen LogP contribution in [0.2, 0.25) is 0 Å². The fourth-order valence-corrected chi connectivity index (χ4v) is 2.55. The van der Waals surface area contributed by atoms with Crippen LogP contribution in [0.5, 0.6) is 5.75 Å². The summed E-state index contributed by atoms with van der Waals surface area (Å²) in [6, 6.07) is 15.3. The first-order valence-electron chi connectivity index (χ1n) is 7.35. The Hall–Kier alpha value is -2.62. The van der Waals surface area contributed by atoms with E-state index >= 15 is 0 Å². The number of carboxylic acid groups (broad SMARTS) is 1. The molecule has 4 nitrogen and oxygen atoms in total. The highest BCUT2D eigenvalue weighted by Crippen LogP contribution is 2.35. The van der Waals surface area contributed by atoms with E-state index in [4.69, 9.17) is 4.74 Å². The number of carbonyl (C=O) groups is 1. The number of ether oxygens (including phenoxy) is 1. The summed E-state index contributed by atoms with van der Waals surface area (Å²) in [4.78, 5) is 15.6. The molecular formula is C18H17NO3. The number of carboxylic acids is 1. The first-order chi connectivity index (χ1) is 10.7. The largest absolute Gasteiger partial charge is 0.482 e. The third-order valence-electron chi connectivity index (χ3n) is 3.67. The first kappa shape index (κ1) is 14.3. The Morgan fingerprint density at radius 2 is 1.95 bits per heavy atom. The van der Waals surface area contributed by atoms with E-state index in [-0.39, 0.29) is 11.7 Å². The highest BCUT2D eigenvalue weighted by molar-refractivity contribution is 5.94. The molecule has 1 heterocycles. The molecule has 1 atom stereocenters. The second-order valence-corrected chi connectivity index (χ2v) is 5.27. The zero-order valence-electron chi connectivity index (χ0n) is 12.1. The Morgan fingerprint density at radius 1 is 1.14 bits per heavy atom. The van der Waals surface area contributed by atoms with Gasteiger partial charge in [-0.25, -0.2) is 4.79 Å². The fraction of sp³-hybridized carbons (Fsp3) is 0.222. The molecule has 3 rings (SSSR count). The molecule has 1 N–H and O–H groups in total. The van der Waals surface area contributed by atoms with Gasteiger partial charge in [0, 0.05) is 6.21 Å². The van der Waals surface area contributed by atoms with Crippen molar-refractivity contribution in [2.45, 2.75) is 25.4 Å². The number of hydrogen-bond donors (Lipinski definition) is 1. The smallest absolute Gasteiger partial charge is 0.339 e. The molecule has 1 aliphatic rings. The quantitative estimate of drug-likeness (QED) is 0.911. The van der Waals surface area contributed by atoms with Crippen LogP contribution in [0, 0.1) is 0 Å². The Balaban J connectivity index is 1.63. The van der Waals surface area contributed by atoms with Gasteiger partial charge in [-0.2, -0.15) is 0 Å². The van der Waals surface area contributed by atoms with Crippen molar-refractivity contribution in [1.82, 2.24) is 0 Å². The predicted molar refractivity (Wildman–Crippen MR) is 85.3 cm³/mol. The third-order valence-corrected chi connectivity index (χ3v) is 3.67. The molecule has 0 amide bonds. The molecular weight excluding hydrogens is 278 g/mol. The van der Waals surface area contributed by atoms with E-state index in [1.807, 2.05) is 18.2 Å². The molecule has 22 heavy (non-hydrogen) atoms. The zero-order valence-corrected chi connectivity index (χ0v) is 12.1. The number of fused-ring (bicyclic) bond motifs is 1. The van der Waals surface area contributed by atoms with Gasteiger partial charge in [-0.3, -0.25) is 4.99 Å². The maximum absolute atomic E-state index is 11.2. The van der Waals surface area contributed by atoms with Crippen molar-refractivity contribution in [2.75, 3.05) is 0 Å². The molecule has 1 unspecified atom stereocenters. The van der Waals surface area contributed by atoms with Crippen LogP contribution in [0.3, 0.4) is 0 Å². The predicted octanol–water partition coefficient (Wildman–Crippen LogP) is 3.87. The van der Waals surface area contributed by atoms with E-state index in [0.29, 0.717) is 11.4 Å². The average Bonchev–Trinajstić information content (AvgIpc) is 2.55. The topological polar surface area (TPSA) is 58.9 Å². The molecule has 1 aliphatic heterocycles. The summed E-state index contributed by atoms with van der Waals surface area (Å²) in [7, 11) is 0. The van der Waals surface area contributed by atoms with E-state index in [1.54, 1.807) is 24.4 Å². The minimum absolute atomic E-state index is 0.169. The number of aliphatic imine (C=N–C) groups is 1. The van der Waals surface area contributed by atoms with Crippen molar-refractivity contribution in [2.24, 2.45) is 4.99 Å². The highest BCUT2D eigenvalue weighted by atomic mass is 16.5. The van der Waals surface area contributed by atoms with Gasteiger partial charge in [0.1, 0.15) is 17.4 Å². The summed E-state index contributed by atoms with van der Waals surface area (Å²) < 4.78 is 5.83. The van der Waals surface area contributed by atoms with E-state index in [1.165, 1.54) is 5.56 Å². The van der Waals surface area contributed by atoms with Crippen molar-refractivity contribution >= 4 is 17.9 Å². The molecule has 0 saturated carbocycles. The molecule has 0 fully saturated rings. The number of rotatable bonds is 5. The number of aromatic carboxylic acids is 1. The van der Waals surface area contributed by atoms with Crippen molar-refractivity contribution in [1.29, 1.82) is 0 Å². The number of para-hydroxylation sites is 1. The maximum atomic E-state index is 11.2. The van der Waals surface area contributed by atoms with E-state index in [2.05, 4.69) is 17.1 Å². The summed E-state index contributed by atoms with van der Waals surface area (Å²) in [5.74, 6) is -0.612. The average molecular weight is 295 g/mol. The second-order valence-electron chi connectivity index (χ2n) is 5.27. The lowest BCUT2D eigenvalue weighted by Gasteiger charge is -2.21. The van der Waals surface area contributed by atoms with E-state index in [0.717, 1.165) is 19.3 Å². The SMILES string of the molecule is O=C(O)c1cccc2c1OC(CCCc1ccccc1)C=N2. The van der Waals surface area contributed by atoms with Gasteiger partial charge in [0.15, 0.2) is 5.75 Å². The van der Waals surface area contributed by atoms with E-state index < -0.39 is 5.97 Å². The zero-order chi connectivity index (χ0) is 15.4. The monoisotopic (exact) mass is 295 g/mol. The molecule has 0 aliphatic carbocycles. The molecule has 2 aromatic carbocycles. The van der Waals surface area contributed by atoms with Gasteiger partial charge in [0.05, 0.1) is 0 Å². The van der Waals surface area contributed by atoms with Gasteiger partial charge in [-0.05, 0) is 37.0 Å². The number of aryl methyl sites for hydroxylation is 1. The van der Waals surface area contributed by atoms with Crippen molar-refractivity contribution in [3.05, 3.63) is 59.7 Å². The van der Waals surface area contributed by atoms with Gasteiger partial charge >= 0.3 is 5.97 Å². The summed E-state index contributed by atoms with van der Waals surface area (Å²) in [6.07, 6.45) is 4.34. The van der Waals surface area contributed by atoms with Gasteiger partial charge < -0.3 is 9.84 Å². The Kier molecular flexibility index (Phi) is 4.19. The van der Waals surface area contributed by atoms with Crippen LogP contribution in [0.4, 0.5) is 5.69 Å². The fourth-order valence-electron chi connectivity index (χ4n) is 2.55. The molecule has 0 radical (unpaired) electrons. The minimum Gasteiger partial charge on any atom is -0.482 e. The Morgan fingerprint density at radius 3 is 2.73 bits per heavy atom. The van der Waals surface area contributed by atoms with Crippen LogP contribution in [0.1, 0.15) is 28.8 Å². The lowest BCUT2D eigenvalue weighted by atomic mass is 10.1. The second kappa shape index (κ2) is 6.43. The van der Waals surface area contributed by atoms with Gasteiger partial charge in [0.2, 0.25) is 0 Å². The van der Waals surface area contributed by atoms with Crippen LogP contribution >= 0.6 is 0 Å². The van der Waals surface area contributed by atoms with Crippen LogP contribution in [0.15, 0.2) is 53.5 Å². The highest BCUT2D eigenvalue weighted by Gasteiger charge is 2.21. The Labute approximate surface area is 129 Å². The number of hydrogen-bond acceptors (Lipinski definition) is 3. The summed E-state index contributed by atoms with van der Waals surface area (Å²) in [5.41, 5.74) is 2.04. The molecule has 0 bridgehead atoms. The molecule has 0 saturated heterocycles. The van der Waals surface area contributed by atoms with E-state index in [9.17, 15) is 9.90 Å². The van der Waals surface area contributed by atoms with Crippen molar-refractivity contribution in [3.63, 3.8) is 0 Å². The van der Waals surface area contributed by atoms with Crippen LogP contribution in [0.25, 0.3) is 0 Å². The lowest BCUT2D eigenvalue weighted by Crippen LogP contribution is -2.22. The Bertz CT molecular complexity index is 695. The molecule has 112 valence electrons. The number of benzene rings is 2. The maximum Gasteiger partial charge on any atom is 0.339 e. The normalized spacial score (nSPS) is 15.9. The lowest BCUT2D eigenvalue weighted by molar-refractivity contribution is 0.0691. The molecule has 2 aromatic rings. The summed E-state index contributed by atoms with van der Waals surface area (Å²) in [5, 5.41) is 9.22. The number of nitrogens with zero attached hydrogens (tertiary/aromatic N) is 1. The minimum atomic E-state index is -0.989. The molecule has 0 spiro atoms. The van der Waals surface area contributed by atoms with Gasteiger partial charge in [0.25, 0.3) is 0 Å². The van der Waals surface area contributed by atoms with Crippen molar-refractivity contribution < 1.29 is 14.6 Å². The van der Waals surface area contributed by atoms with Gasteiger partial charge in [-0.15, -0.1) is 0 Å². The summed E-state index contributed by atoms with van der Waals surface area (Å²) in [6.45, 7) is 0. The molecule has 0 aromatic heterocycles.